The van der Waals surface area contributed by atoms with E-state index in [1.165, 1.54) is 22.3 Å². The van der Waals surface area contributed by atoms with Crippen LogP contribution in [0.25, 0.3) is 11.1 Å². The van der Waals surface area contributed by atoms with E-state index in [1.54, 1.807) is 4.90 Å². The lowest BCUT2D eigenvalue weighted by atomic mass is 9.80. The number of carbonyl (C=O) groups is 2. The van der Waals surface area contributed by atoms with Crippen molar-refractivity contribution in [2.75, 3.05) is 26.3 Å². The summed E-state index contributed by atoms with van der Waals surface area (Å²) in [6.07, 6.45) is 1.39. The van der Waals surface area contributed by atoms with Gasteiger partial charge in [0.25, 0.3) is 0 Å². The highest BCUT2D eigenvalue weighted by Crippen LogP contribution is 2.44. The average molecular weight is 421 g/mol. The number of carbonyl (C=O) groups excluding carboxylic acids is 1. The molecule has 2 atom stereocenters. The van der Waals surface area contributed by atoms with Gasteiger partial charge in [0, 0.05) is 31.5 Å². The zero-order valence-corrected chi connectivity index (χ0v) is 17.4. The van der Waals surface area contributed by atoms with Crippen LogP contribution >= 0.6 is 0 Å². The number of benzene rings is 2. The Morgan fingerprint density at radius 3 is 2.19 bits per heavy atom. The second-order valence-corrected chi connectivity index (χ2v) is 8.71. The van der Waals surface area contributed by atoms with Crippen LogP contribution in [-0.4, -0.2) is 54.5 Å². The summed E-state index contributed by atoms with van der Waals surface area (Å²) < 4.78 is 11.2. The summed E-state index contributed by atoms with van der Waals surface area (Å²) in [7, 11) is 0. The molecule has 2 heterocycles. The molecule has 0 radical (unpaired) electrons. The predicted molar refractivity (Wildman–Crippen MR) is 115 cm³/mol. The van der Waals surface area contributed by atoms with E-state index in [1.807, 2.05) is 24.3 Å². The lowest BCUT2D eigenvalue weighted by molar-refractivity contribution is -0.150. The molecular weight excluding hydrogens is 394 g/mol. The van der Waals surface area contributed by atoms with Crippen molar-refractivity contribution in [2.45, 2.75) is 31.3 Å². The summed E-state index contributed by atoms with van der Waals surface area (Å²) >= 11 is 0. The maximum Gasteiger partial charge on any atom is 0.409 e. The molecule has 0 aromatic heterocycles. The Hall–Kier alpha value is -2.86. The van der Waals surface area contributed by atoms with Gasteiger partial charge in [0.15, 0.2) is 6.10 Å². The topological polar surface area (TPSA) is 76.1 Å². The molecule has 2 saturated heterocycles. The Morgan fingerprint density at radius 2 is 1.58 bits per heavy atom. The predicted octanol–water partition coefficient (Wildman–Crippen LogP) is 4.14. The van der Waals surface area contributed by atoms with Gasteiger partial charge in [0.05, 0.1) is 0 Å². The van der Waals surface area contributed by atoms with Crippen molar-refractivity contribution in [2.24, 2.45) is 11.8 Å². The second kappa shape index (κ2) is 8.35. The van der Waals surface area contributed by atoms with Gasteiger partial charge in [0.2, 0.25) is 0 Å². The van der Waals surface area contributed by atoms with Gasteiger partial charge in [-0.3, -0.25) is 0 Å². The Morgan fingerprint density at radius 1 is 0.968 bits per heavy atom. The molecule has 162 valence electrons. The molecule has 31 heavy (non-hydrogen) atoms. The Bertz CT molecular complexity index is 936. The van der Waals surface area contributed by atoms with Crippen LogP contribution in [0.5, 0.6) is 0 Å². The number of nitrogens with zero attached hydrogens (tertiary/aromatic N) is 1. The van der Waals surface area contributed by atoms with Crippen molar-refractivity contribution in [3.05, 3.63) is 59.7 Å². The SMILES string of the molecule is O=C(O)C1OCCC1C1CCN(C(=O)OCC2c3ccccc3-c3ccccc32)CC1. The first kappa shape index (κ1) is 20.1. The summed E-state index contributed by atoms with van der Waals surface area (Å²) in [4.78, 5) is 25.9. The highest BCUT2D eigenvalue weighted by Gasteiger charge is 2.41. The fraction of sp³-hybridized carbons (Fsp3) is 0.440. The van der Waals surface area contributed by atoms with Crippen molar-refractivity contribution in [3.63, 3.8) is 0 Å². The standard InChI is InChI=1S/C25H27NO5/c27-24(28)23-17(11-14-30-23)16-9-12-26(13-10-16)25(29)31-15-22-20-7-3-1-5-18(20)19-6-2-4-8-21(19)22/h1-8,16-17,22-23H,9-15H2,(H,27,28). The monoisotopic (exact) mass is 421 g/mol. The molecule has 0 saturated carbocycles. The van der Waals surface area contributed by atoms with E-state index < -0.39 is 12.1 Å². The number of aliphatic carboxylic acids is 1. The number of rotatable bonds is 4. The molecule has 1 amide bonds. The first-order chi connectivity index (χ1) is 15.1. The lowest BCUT2D eigenvalue weighted by Crippen LogP contribution is -2.42. The van der Waals surface area contributed by atoms with Crippen LogP contribution in [0.3, 0.4) is 0 Å². The van der Waals surface area contributed by atoms with Gasteiger partial charge >= 0.3 is 12.1 Å². The highest BCUT2D eigenvalue weighted by atomic mass is 16.6. The number of carboxylic acids is 1. The third-order valence-corrected chi connectivity index (χ3v) is 7.12. The number of ether oxygens (including phenoxy) is 2. The van der Waals surface area contributed by atoms with Crippen molar-refractivity contribution in [1.29, 1.82) is 0 Å². The molecule has 6 heteroatoms. The Kier molecular flexibility index (Phi) is 5.40. The van der Waals surface area contributed by atoms with Crippen molar-refractivity contribution in [3.8, 4) is 11.1 Å². The quantitative estimate of drug-likeness (QED) is 0.803. The fourth-order valence-corrected chi connectivity index (χ4v) is 5.54. The summed E-state index contributed by atoms with van der Waals surface area (Å²) in [5, 5.41) is 9.36. The molecule has 2 fully saturated rings. The summed E-state index contributed by atoms with van der Waals surface area (Å²) in [5.41, 5.74) is 4.84. The zero-order chi connectivity index (χ0) is 21.4. The maximum atomic E-state index is 12.8. The van der Waals surface area contributed by atoms with E-state index in [0.29, 0.717) is 26.3 Å². The minimum Gasteiger partial charge on any atom is -0.479 e. The van der Waals surface area contributed by atoms with E-state index in [4.69, 9.17) is 9.47 Å². The van der Waals surface area contributed by atoms with Crippen LogP contribution in [0, 0.1) is 11.8 Å². The zero-order valence-electron chi connectivity index (χ0n) is 17.4. The molecule has 1 aliphatic carbocycles. The largest absolute Gasteiger partial charge is 0.479 e. The van der Waals surface area contributed by atoms with Crippen molar-refractivity contribution < 1.29 is 24.2 Å². The minimum atomic E-state index is -0.874. The number of hydrogen-bond donors (Lipinski definition) is 1. The number of piperidine rings is 1. The molecule has 2 aromatic rings. The molecule has 5 rings (SSSR count). The van der Waals surface area contributed by atoms with Crippen LogP contribution in [0.2, 0.25) is 0 Å². The number of fused-ring (bicyclic) bond motifs is 3. The summed E-state index contributed by atoms with van der Waals surface area (Å²) in [6, 6.07) is 16.6. The Labute approximate surface area is 181 Å². The van der Waals surface area contributed by atoms with Crippen LogP contribution < -0.4 is 0 Å². The van der Waals surface area contributed by atoms with Gasteiger partial charge in [-0.15, -0.1) is 0 Å². The molecule has 0 bridgehead atoms. The summed E-state index contributed by atoms with van der Waals surface area (Å²) in [5.74, 6) is -0.495. The third kappa shape index (κ3) is 3.69. The number of likely N-dealkylation sites (tertiary alicyclic amines) is 1. The second-order valence-electron chi connectivity index (χ2n) is 8.71. The maximum absolute atomic E-state index is 12.8. The van der Waals surface area contributed by atoms with Crippen LogP contribution in [0.4, 0.5) is 4.79 Å². The van der Waals surface area contributed by atoms with Crippen molar-refractivity contribution >= 4 is 12.1 Å². The van der Waals surface area contributed by atoms with E-state index in [2.05, 4.69) is 24.3 Å². The fourth-order valence-electron chi connectivity index (χ4n) is 5.54. The first-order valence-electron chi connectivity index (χ1n) is 11.1. The molecule has 2 aliphatic heterocycles. The number of carboxylic acid groups (broad SMARTS) is 1. The van der Waals surface area contributed by atoms with E-state index in [-0.39, 0.29) is 23.8 Å². The van der Waals surface area contributed by atoms with Gasteiger partial charge in [-0.05, 0) is 47.4 Å². The van der Waals surface area contributed by atoms with Gasteiger partial charge in [0.1, 0.15) is 6.61 Å². The third-order valence-electron chi connectivity index (χ3n) is 7.12. The average Bonchev–Trinajstić information content (AvgIpc) is 3.41. The molecule has 2 aromatic carbocycles. The number of amides is 1. The highest BCUT2D eigenvalue weighted by molar-refractivity contribution is 5.79. The van der Waals surface area contributed by atoms with Gasteiger partial charge in [-0.25, -0.2) is 9.59 Å². The van der Waals surface area contributed by atoms with Crippen LogP contribution in [0.15, 0.2) is 48.5 Å². The van der Waals surface area contributed by atoms with Gasteiger partial charge in [-0.2, -0.15) is 0 Å². The van der Waals surface area contributed by atoms with E-state index >= 15 is 0 Å². The molecule has 2 unspecified atom stereocenters. The van der Waals surface area contributed by atoms with Crippen molar-refractivity contribution in [1.82, 2.24) is 4.90 Å². The van der Waals surface area contributed by atoms with E-state index in [9.17, 15) is 14.7 Å². The molecular formula is C25H27NO5. The molecule has 3 aliphatic rings. The van der Waals surface area contributed by atoms with Crippen LogP contribution in [0.1, 0.15) is 36.3 Å². The lowest BCUT2D eigenvalue weighted by Gasteiger charge is -2.35. The summed E-state index contributed by atoms with van der Waals surface area (Å²) in [6.45, 7) is 2.03. The first-order valence-corrected chi connectivity index (χ1v) is 11.1. The minimum absolute atomic E-state index is 0.0437. The van der Waals surface area contributed by atoms with Gasteiger partial charge in [-0.1, -0.05) is 48.5 Å². The molecule has 6 nitrogen and oxygen atoms in total. The van der Waals surface area contributed by atoms with Crippen LogP contribution in [-0.2, 0) is 14.3 Å². The number of hydrogen-bond acceptors (Lipinski definition) is 4. The molecule has 0 spiro atoms. The van der Waals surface area contributed by atoms with E-state index in [0.717, 1.165) is 19.3 Å². The normalized spacial score (nSPS) is 23.4. The molecule has 1 N–H and O–H groups in total. The smallest absolute Gasteiger partial charge is 0.409 e. The van der Waals surface area contributed by atoms with Gasteiger partial charge < -0.3 is 19.5 Å². The Balaban J connectivity index is 1.19.